The average Bonchev–Trinajstić information content (AvgIpc) is 3.26. The molecule has 4 heteroatoms. The molecule has 1 N–H and O–H groups in total. The Morgan fingerprint density at radius 3 is 2.66 bits per heavy atom. The van der Waals surface area contributed by atoms with Gasteiger partial charge >= 0.3 is 0 Å². The molecular weight excluding hydrogens is 376 g/mol. The number of thiocarbonyl (C=S) groups is 1. The van der Waals surface area contributed by atoms with Crippen molar-refractivity contribution >= 4 is 22.8 Å². The Morgan fingerprint density at radius 2 is 1.90 bits per heavy atom. The van der Waals surface area contributed by atoms with Crippen LogP contribution in [0.5, 0.6) is 5.75 Å². The minimum atomic E-state index is 0.343. The Balaban J connectivity index is 1.16. The van der Waals surface area contributed by atoms with E-state index in [0.29, 0.717) is 17.9 Å². The second-order valence-corrected chi connectivity index (χ2v) is 9.43. The van der Waals surface area contributed by atoms with E-state index in [0.717, 1.165) is 18.2 Å². The lowest BCUT2D eigenvalue weighted by Crippen LogP contribution is -2.34. The van der Waals surface area contributed by atoms with Gasteiger partial charge in [-0.25, -0.2) is 0 Å². The standard InChI is InChI=1S/C25H30N2OS/c1-28-20-7-8-21-22-14-19(25(29)24(22)26-23(21)15-20)13-17-9-11-27(12-10-17)16-18-5-3-2-4-6-18/h2-8,15,17,19,22,24,26H,9-14,16H2,1H3. The summed E-state index contributed by atoms with van der Waals surface area (Å²) < 4.78 is 5.38. The number of benzene rings is 2. The van der Waals surface area contributed by atoms with Crippen LogP contribution in [0.15, 0.2) is 48.5 Å². The summed E-state index contributed by atoms with van der Waals surface area (Å²) in [6.45, 7) is 3.52. The van der Waals surface area contributed by atoms with E-state index in [1.807, 2.05) is 0 Å². The molecule has 2 aromatic rings. The number of fused-ring (bicyclic) bond motifs is 3. The van der Waals surface area contributed by atoms with Crippen molar-refractivity contribution in [2.45, 2.75) is 44.2 Å². The molecule has 152 valence electrons. The maximum atomic E-state index is 5.96. The van der Waals surface area contributed by atoms with E-state index in [4.69, 9.17) is 17.0 Å². The molecule has 2 fully saturated rings. The van der Waals surface area contributed by atoms with Crippen LogP contribution in [0.1, 0.15) is 42.7 Å². The van der Waals surface area contributed by atoms with Crippen LogP contribution in [0, 0.1) is 11.8 Å². The van der Waals surface area contributed by atoms with Crippen molar-refractivity contribution in [1.29, 1.82) is 0 Å². The lowest BCUT2D eigenvalue weighted by Gasteiger charge is -2.33. The average molecular weight is 407 g/mol. The third kappa shape index (κ3) is 3.80. The summed E-state index contributed by atoms with van der Waals surface area (Å²) in [7, 11) is 1.73. The van der Waals surface area contributed by atoms with Crippen LogP contribution in [0.2, 0.25) is 0 Å². The van der Waals surface area contributed by atoms with Gasteiger partial charge in [0.05, 0.1) is 13.2 Å². The number of rotatable bonds is 5. The molecule has 1 saturated heterocycles. The number of piperidine rings is 1. The van der Waals surface area contributed by atoms with Crippen LogP contribution >= 0.6 is 12.2 Å². The smallest absolute Gasteiger partial charge is 0.120 e. The second kappa shape index (κ2) is 8.08. The second-order valence-electron chi connectivity index (χ2n) is 8.96. The Hall–Kier alpha value is -1.91. The molecule has 3 atom stereocenters. The predicted octanol–water partition coefficient (Wildman–Crippen LogP) is 5.27. The van der Waals surface area contributed by atoms with E-state index >= 15 is 0 Å². The van der Waals surface area contributed by atoms with E-state index in [9.17, 15) is 0 Å². The maximum Gasteiger partial charge on any atom is 0.120 e. The largest absolute Gasteiger partial charge is 0.497 e. The van der Waals surface area contributed by atoms with E-state index < -0.39 is 0 Å². The molecule has 0 spiro atoms. The summed E-state index contributed by atoms with van der Waals surface area (Å²) in [5.74, 6) is 2.88. The number of anilines is 1. The van der Waals surface area contributed by atoms with Gasteiger partial charge in [0, 0.05) is 29.1 Å². The van der Waals surface area contributed by atoms with Gasteiger partial charge in [0.1, 0.15) is 5.75 Å². The van der Waals surface area contributed by atoms with Gasteiger partial charge in [-0.1, -0.05) is 48.6 Å². The predicted molar refractivity (Wildman–Crippen MR) is 123 cm³/mol. The third-order valence-electron chi connectivity index (χ3n) is 7.19. The zero-order valence-corrected chi connectivity index (χ0v) is 18.0. The lowest BCUT2D eigenvalue weighted by molar-refractivity contribution is 0.166. The van der Waals surface area contributed by atoms with Gasteiger partial charge in [-0.2, -0.15) is 0 Å². The molecule has 1 aliphatic carbocycles. The van der Waals surface area contributed by atoms with Gasteiger partial charge in [-0.05, 0) is 67.8 Å². The Labute approximate surface area is 179 Å². The summed E-state index contributed by atoms with van der Waals surface area (Å²) in [5, 5.41) is 3.69. The SMILES string of the molecule is COc1ccc2c(c1)NC1C(=S)C(CC3CCN(Cc4ccccc4)CC3)CC21. The van der Waals surface area contributed by atoms with E-state index in [1.165, 1.54) is 60.5 Å². The first kappa shape index (κ1) is 19.1. The van der Waals surface area contributed by atoms with E-state index in [-0.39, 0.29) is 0 Å². The van der Waals surface area contributed by atoms with Crippen LogP contribution < -0.4 is 10.1 Å². The van der Waals surface area contributed by atoms with Gasteiger partial charge in [-0.3, -0.25) is 4.90 Å². The molecule has 0 bridgehead atoms. The van der Waals surface area contributed by atoms with Crippen molar-refractivity contribution in [1.82, 2.24) is 4.90 Å². The fraction of sp³-hybridized carbons (Fsp3) is 0.480. The van der Waals surface area contributed by atoms with Gasteiger partial charge in [0.2, 0.25) is 0 Å². The number of ether oxygens (including phenoxy) is 1. The monoisotopic (exact) mass is 406 g/mol. The summed E-state index contributed by atoms with van der Waals surface area (Å²) in [6, 6.07) is 17.6. The first-order valence-corrected chi connectivity index (χ1v) is 11.4. The molecule has 0 aromatic heterocycles. The molecule has 2 aromatic carbocycles. The topological polar surface area (TPSA) is 24.5 Å². The normalized spacial score (nSPS) is 26.8. The van der Waals surface area contributed by atoms with Crippen molar-refractivity contribution in [3.63, 3.8) is 0 Å². The molecule has 2 heterocycles. The summed E-state index contributed by atoms with van der Waals surface area (Å²) in [4.78, 5) is 3.87. The first-order valence-electron chi connectivity index (χ1n) is 11.0. The Kier molecular flexibility index (Phi) is 5.31. The minimum absolute atomic E-state index is 0.343. The number of hydrogen-bond acceptors (Lipinski definition) is 4. The van der Waals surface area contributed by atoms with Gasteiger partial charge in [0.15, 0.2) is 0 Å². The number of nitrogens with zero attached hydrogens (tertiary/aromatic N) is 1. The molecule has 3 unspecified atom stereocenters. The van der Waals surface area contributed by atoms with Crippen LogP contribution in [0.25, 0.3) is 0 Å². The highest BCUT2D eigenvalue weighted by atomic mass is 32.1. The van der Waals surface area contributed by atoms with Gasteiger partial charge in [0.25, 0.3) is 0 Å². The number of hydrogen-bond donors (Lipinski definition) is 1. The van der Waals surface area contributed by atoms with Crippen molar-refractivity contribution < 1.29 is 4.74 Å². The number of likely N-dealkylation sites (tertiary alicyclic amines) is 1. The molecule has 0 radical (unpaired) electrons. The van der Waals surface area contributed by atoms with Gasteiger partial charge < -0.3 is 10.1 Å². The quantitative estimate of drug-likeness (QED) is 0.684. The molecule has 0 amide bonds. The van der Waals surface area contributed by atoms with Crippen LogP contribution in [-0.2, 0) is 6.54 Å². The molecule has 1 saturated carbocycles. The van der Waals surface area contributed by atoms with Crippen LogP contribution in [0.4, 0.5) is 5.69 Å². The molecule has 29 heavy (non-hydrogen) atoms. The molecule has 5 rings (SSSR count). The highest BCUT2D eigenvalue weighted by molar-refractivity contribution is 7.80. The van der Waals surface area contributed by atoms with Crippen molar-refractivity contribution in [2.75, 3.05) is 25.5 Å². The van der Waals surface area contributed by atoms with E-state index in [1.54, 1.807) is 7.11 Å². The maximum absolute atomic E-state index is 5.96. The Bertz CT molecular complexity index is 876. The fourth-order valence-corrected chi connectivity index (χ4v) is 6.02. The highest BCUT2D eigenvalue weighted by Gasteiger charge is 2.45. The highest BCUT2D eigenvalue weighted by Crippen LogP contribution is 2.49. The summed E-state index contributed by atoms with van der Waals surface area (Å²) in [6.07, 6.45) is 5.10. The molecule has 3 aliphatic rings. The fourth-order valence-electron chi connectivity index (χ4n) is 5.60. The lowest BCUT2D eigenvalue weighted by atomic mass is 9.85. The van der Waals surface area contributed by atoms with Gasteiger partial charge in [-0.15, -0.1) is 0 Å². The zero-order chi connectivity index (χ0) is 19.8. The third-order valence-corrected chi connectivity index (χ3v) is 7.78. The van der Waals surface area contributed by atoms with E-state index in [2.05, 4.69) is 58.7 Å². The number of methoxy groups -OCH3 is 1. The minimum Gasteiger partial charge on any atom is -0.497 e. The first-order chi connectivity index (χ1) is 14.2. The number of nitrogens with one attached hydrogen (secondary N) is 1. The zero-order valence-electron chi connectivity index (χ0n) is 17.1. The molecule has 3 nitrogen and oxygen atoms in total. The van der Waals surface area contributed by atoms with Crippen molar-refractivity contribution in [3.8, 4) is 5.75 Å². The summed E-state index contributed by atoms with van der Waals surface area (Å²) >= 11 is 5.96. The van der Waals surface area contributed by atoms with Crippen LogP contribution in [-0.4, -0.2) is 36.0 Å². The van der Waals surface area contributed by atoms with Crippen molar-refractivity contribution in [2.24, 2.45) is 11.8 Å². The summed E-state index contributed by atoms with van der Waals surface area (Å²) in [5.41, 5.74) is 4.07. The van der Waals surface area contributed by atoms with Crippen molar-refractivity contribution in [3.05, 3.63) is 59.7 Å². The molecule has 2 aliphatic heterocycles. The Morgan fingerprint density at radius 1 is 1.10 bits per heavy atom. The molecular formula is C25H30N2OS. The van der Waals surface area contributed by atoms with Crippen LogP contribution in [0.3, 0.4) is 0 Å².